The van der Waals surface area contributed by atoms with Crippen LogP contribution in [0.2, 0.25) is 15.2 Å². The second-order valence-electron chi connectivity index (χ2n) is 3.55. The van der Waals surface area contributed by atoms with Crippen molar-refractivity contribution in [3.05, 3.63) is 51.1 Å². The summed E-state index contributed by atoms with van der Waals surface area (Å²) in [5.41, 5.74) is 3.47. The highest BCUT2D eigenvalue weighted by Gasteiger charge is 2.06. The lowest BCUT2D eigenvalue weighted by Gasteiger charge is -2.03. The van der Waals surface area contributed by atoms with Crippen LogP contribution in [-0.2, 0) is 0 Å². The molecule has 0 atom stereocenters. The fourth-order valence-electron chi connectivity index (χ4n) is 1.25. The molecule has 1 heterocycles. The number of pyridine rings is 1. The molecule has 98 valence electrons. The van der Waals surface area contributed by atoms with E-state index >= 15 is 0 Å². The van der Waals surface area contributed by atoms with Gasteiger partial charge in [-0.1, -0.05) is 34.8 Å². The fraction of sp³-hybridized carbons (Fsp3) is 0. The standard InChI is InChI=1S/C12H8Cl3N3O/c13-9-5-10(14)12(17-11(9)15)18-16-6-7-1-3-8(19)4-2-7/h1-6,19H,(H,17,18). The largest absolute Gasteiger partial charge is 0.508 e. The molecular formula is C12H8Cl3N3O. The minimum atomic E-state index is 0.147. The number of nitrogens with zero attached hydrogens (tertiary/aromatic N) is 2. The Labute approximate surface area is 124 Å². The summed E-state index contributed by atoms with van der Waals surface area (Å²) >= 11 is 17.5. The van der Waals surface area contributed by atoms with Crippen molar-refractivity contribution < 1.29 is 5.11 Å². The van der Waals surface area contributed by atoms with Gasteiger partial charge in [-0.2, -0.15) is 5.10 Å². The number of benzene rings is 1. The number of hydrazone groups is 1. The number of halogens is 3. The predicted molar refractivity (Wildman–Crippen MR) is 78.6 cm³/mol. The van der Waals surface area contributed by atoms with E-state index in [2.05, 4.69) is 15.5 Å². The first-order chi connectivity index (χ1) is 9.06. The third kappa shape index (κ3) is 3.73. The summed E-state index contributed by atoms with van der Waals surface area (Å²) in [7, 11) is 0. The Kier molecular flexibility index (Phi) is 4.47. The summed E-state index contributed by atoms with van der Waals surface area (Å²) in [6.07, 6.45) is 1.56. The molecule has 0 unspecified atom stereocenters. The lowest BCUT2D eigenvalue weighted by atomic mass is 10.2. The molecule has 0 saturated heterocycles. The van der Waals surface area contributed by atoms with E-state index in [1.807, 2.05) is 0 Å². The molecule has 2 rings (SSSR count). The molecule has 2 aromatic rings. The average molecular weight is 317 g/mol. The number of hydrogen-bond acceptors (Lipinski definition) is 4. The van der Waals surface area contributed by atoms with Crippen LogP contribution >= 0.6 is 34.8 Å². The van der Waals surface area contributed by atoms with E-state index in [9.17, 15) is 0 Å². The number of anilines is 1. The maximum absolute atomic E-state index is 9.14. The molecule has 0 radical (unpaired) electrons. The molecule has 7 heteroatoms. The average Bonchev–Trinajstić information content (AvgIpc) is 2.38. The molecule has 0 bridgehead atoms. The van der Waals surface area contributed by atoms with Crippen LogP contribution in [-0.4, -0.2) is 16.3 Å². The lowest BCUT2D eigenvalue weighted by molar-refractivity contribution is 0.475. The van der Waals surface area contributed by atoms with E-state index in [0.717, 1.165) is 5.56 Å². The molecule has 0 aliphatic rings. The minimum Gasteiger partial charge on any atom is -0.508 e. The second kappa shape index (κ2) is 6.10. The summed E-state index contributed by atoms with van der Waals surface area (Å²) in [4.78, 5) is 3.95. The van der Waals surface area contributed by atoms with Gasteiger partial charge in [0.25, 0.3) is 0 Å². The van der Waals surface area contributed by atoms with Gasteiger partial charge in [-0.25, -0.2) is 4.98 Å². The smallest absolute Gasteiger partial charge is 0.166 e. The number of nitrogens with one attached hydrogen (secondary N) is 1. The topological polar surface area (TPSA) is 57.5 Å². The van der Waals surface area contributed by atoms with Gasteiger partial charge in [-0.3, -0.25) is 5.43 Å². The zero-order valence-corrected chi connectivity index (χ0v) is 11.7. The van der Waals surface area contributed by atoms with Crippen molar-refractivity contribution in [2.75, 3.05) is 5.43 Å². The monoisotopic (exact) mass is 315 g/mol. The Morgan fingerprint density at radius 2 is 1.79 bits per heavy atom. The third-order valence-corrected chi connectivity index (χ3v) is 3.12. The third-order valence-electron chi connectivity index (χ3n) is 2.16. The van der Waals surface area contributed by atoms with E-state index in [1.165, 1.54) is 6.07 Å². The van der Waals surface area contributed by atoms with Gasteiger partial charge in [-0.15, -0.1) is 0 Å². The highest BCUT2D eigenvalue weighted by Crippen LogP contribution is 2.28. The van der Waals surface area contributed by atoms with Crippen molar-refractivity contribution in [3.8, 4) is 5.75 Å². The van der Waals surface area contributed by atoms with E-state index in [4.69, 9.17) is 39.9 Å². The number of phenolic OH excluding ortho intramolecular Hbond substituents is 1. The van der Waals surface area contributed by atoms with Crippen LogP contribution in [0.4, 0.5) is 5.82 Å². The molecule has 1 aromatic heterocycles. The van der Waals surface area contributed by atoms with Crippen LogP contribution in [0.3, 0.4) is 0 Å². The quantitative estimate of drug-likeness (QED) is 0.507. The molecule has 0 spiro atoms. The van der Waals surface area contributed by atoms with Crippen molar-refractivity contribution in [1.29, 1.82) is 0 Å². The Morgan fingerprint density at radius 3 is 2.47 bits per heavy atom. The van der Waals surface area contributed by atoms with Crippen LogP contribution in [0.1, 0.15) is 5.56 Å². The van der Waals surface area contributed by atoms with Gasteiger partial charge >= 0.3 is 0 Å². The Morgan fingerprint density at radius 1 is 1.11 bits per heavy atom. The van der Waals surface area contributed by atoms with Gasteiger partial charge in [0.05, 0.1) is 16.3 Å². The molecule has 0 aliphatic carbocycles. The fourth-order valence-corrected chi connectivity index (χ4v) is 1.79. The number of rotatable bonds is 3. The summed E-state index contributed by atoms with van der Waals surface area (Å²) in [6, 6.07) is 8.03. The van der Waals surface area contributed by atoms with Crippen molar-refractivity contribution >= 4 is 46.8 Å². The van der Waals surface area contributed by atoms with Gasteiger partial charge in [-0.05, 0) is 35.9 Å². The molecule has 4 nitrogen and oxygen atoms in total. The highest BCUT2D eigenvalue weighted by molar-refractivity contribution is 6.42. The minimum absolute atomic E-state index is 0.147. The number of hydrogen-bond donors (Lipinski definition) is 2. The van der Waals surface area contributed by atoms with Crippen LogP contribution < -0.4 is 5.43 Å². The molecular weight excluding hydrogens is 309 g/mol. The maximum Gasteiger partial charge on any atom is 0.166 e. The zero-order chi connectivity index (χ0) is 13.8. The Balaban J connectivity index is 2.10. The Hall–Kier alpha value is -1.49. The van der Waals surface area contributed by atoms with Gasteiger partial charge in [0.2, 0.25) is 0 Å². The number of aromatic nitrogens is 1. The first kappa shape index (κ1) is 13.9. The lowest BCUT2D eigenvalue weighted by Crippen LogP contribution is -1.95. The molecule has 0 amide bonds. The second-order valence-corrected chi connectivity index (χ2v) is 4.73. The predicted octanol–water partition coefficient (Wildman–Crippen LogP) is 4.19. The molecule has 0 saturated carbocycles. The summed E-state index contributed by atoms with van der Waals surface area (Å²) in [5.74, 6) is 0.505. The van der Waals surface area contributed by atoms with Crippen LogP contribution in [0, 0.1) is 0 Å². The summed E-state index contributed by atoms with van der Waals surface area (Å²) < 4.78 is 0. The van der Waals surface area contributed by atoms with E-state index in [0.29, 0.717) is 10.8 Å². The zero-order valence-electron chi connectivity index (χ0n) is 9.44. The number of aromatic hydroxyl groups is 1. The van der Waals surface area contributed by atoms with E-state index in [-0.39, 0.29) is 15.9 Å². The molecule has 2 N–H and O–H groups in total. The van der Waals surface area contributed by atoms with Gasteiger partial charge in [0.1, 0.15) is 10.9 Å². The molecule has 0 aliphatic heterocycles. The first-order valence-corrected chi connectivity index (χ1v) is 6.29. The van der Waals surface area contributed by atoms with Gasteiger partial charge in [0.15, 0.2) is 5.82 Å². The summed E-state index contributed by atoms with van der Waals surface area (Å²) in [5, 5.41) is 13.8. The van der Waals surface area contributed by atoms with Crippen molar-refractivity contribution in [3.63, 3.8) is 0 Å². The highest BCUT2D eigenvalue weighted by atomic mass is 35.5. The Bertz CT molecular complexity index is 614. The van der Waals surface area contributed by atoms with Crippen molar-refractivity contribution in [1.82, 2.24) is 4.98 Å². The van der Waals surface area contributed by atoms with Crippen molar-refractivity contribution in [2.45, 2.75) is 0 Å². The summed E-state index contributed by atoms with van der Waals surface area (Å²) in [6.45, 7) is 0. The van der Waals surface area contributed by atoms with Gasteiger partial charge in [0, 0.05) is 0 Å². The first-order valence-electron chi connectivity index (χ1n) is 5.16. The van der Waals surface area contributed by atoms with Crippen molar-refractivity contribution in [2.24, 2.45) is 5.10 Å². The SMILES string of the molecule is Oc1ccc(C=NNc2nc(Cl)c(Cl)cc2Cl)cc1. The van der Waals surface area contributed by atoms with E-state index < -0.39 is 0 Å². The van der Waals surface area contributed by atoms with Crippen LogP contribution in [0.5, 0.6) is 5.75 Å². The van der Waals surface area contributed by atoms with E-state index in [1.54, 1.807) is 30.5 Å². The van der Waals surface area contributed by atoms with Gasteiger partial charge < -0.3 is 5.11 Å². The normalized spacial score (nSPS) is 10.9. The van der Waals surface area contributed by atoms with Crippen LogP contribution in [0.25, 0.3) is 0 Å². The molecule has 19 heavy (non-hydrogen) atoms. The molecule has 0 fully saturated rings. The molecule has 1 aromatic carbocycles. The maximum atomic E-state index is 9.14. The van der Waals surface area contributed by atoms with Crippen LogP contribution in [0.15, 0.2) is 35.4 Å². The number of phenols is 1.